The van der Waals surface area contributed by atoms with Crippen LogP contribution in [0.3, 0.4) is 0 Å². The average Bonchev–Trinajstić information content (AvgIpc) is 2.72. The number of aryl methyl sites for hydroxylation is 2. The number of nitriles is 1. The number of hydrogen-bond acceptors (Lipinski definition) is 2. The number of nitrogens with one attached hydrogen (secondary N) is 1. The Bertz CT molecular complexity index is 561. The van der Waals surface area contributed by atoms with Crippen molar-refractivity contribution in [2.75, 3.05) is 5.32 Å². The van der Waals surface area contributed by atoms with Gasteiger partial charge in [0.1, 0.15) is 6.07 Å². The molecule has 0 aliphatic heterocycles. The molecular weight excluding hydrogens is 210 g/mol. The molecule has 0 spiro atoms. The summed E-state index contributed by atoms with van der Waals surface area (Å²) in [7, 11) is 2.01. The van der Waals surface area contributed by atoms with Crippen LogP contribution < -0.4 is 5.32 Å². The lowest BCUT2D eigenvalue weighted by Crippen LogP contribution is -2.05. The fourth-order valence-corrected chi connectivity index (χ4v) is 1.83. The van der Waals surface area contributed by atoms with E-state index in [1.165, 1.54) is 5.69 Å². The SMILES string of the molecule is Cc1cccc(NCc2cccn2C)c1C#N. The Labute approximate surface area is 101 Å². The van der Waals surface area contributed by atoms with Gasteiger partial charge in [0.25, 0.3) is 0 Å². The van der Waals surface area contributed by atoms with E-state index in [2.05, 4.69) is 22.0 Å². The van der Waals surface area contributed by atoms with E-state index >= 15 is 0 Å². The molecule has 3 nitrogen and oxygen atoms in total. The maximum absolute atomic E-state index is 9.12. The molecule has 0 aliphatic carbocycles. The molecule has 86 valence electrons. The van der Waals surface area contributed by atoms with Crippen LogP contribution in [0, 0.1) is 18.3 Å². The summed E-state index contributed by atoms with van der Waals surface area (Å²) in [4.78, 5) is 0. The van der Waals surface area contributed by atoms with Crippen molar-refractivity contribution in [1.29, 1.82) is 5.26 Å². The van der Waals surface area contributed by atoms with Gasteiger partial charge in [-0.2, -0.15) is 5.26 Å². The first-order chi connectivity index (χ1) is 8.22. The molecule has 0 radical (unpaired) electrons. The molecule has 0 atom stereocenters. The maximum Gasteiger partial charge on any atom is 0.102 e. The van der Waals surface area contributed by atoms with Gasteiger partial charge in [-0.1, -0.05) is 12.1 Å². The van der Waals surface area contributed by atoms with Gasteiger partial charge in [-0.05, 0) is 30.7 Å². The third-order valence-electron chi connectivity index (χ3n) is 2.90. The number of hydrogen-bond donors (Lipinski definition) is 1. The molecule has 3 heteroatoms. The lowest BCUT2D eigenvalue weighted by atomic mass is 10.1. The monoisotopic (exact) mass is 225 g/mol. The van der Waals surface area contributed by atoms with Gasteiger partial charge < -0.3 is 9.88 Å². The Balaban J connectivity index is 2.18. The highest BCUT2D eigenvalue weighted by Gasteiger charge is 2.04. The molecule has 2 aromatic rings. The summed E-state index contributed by atoms with van der Waals surface area (Å²) in [5.41, 5.74) is 3.81. The number of nitrogens with zero attached hydrogens (tertiary/aromatic N) is 2. The predicted octanol–water partition coefficient (Wildman–Crippen LogP) is 2.82. The summed E-state index contributed by atoms with van der Waals surface area (Å²) >= 11 is 0. The molecular formula is C14H15N3. The minimum Gasteiger partial charge on any atom is -0.378 e. The van der Waals surface area contributed by atoms with Crippen LogP contribution >= 0.6 is 0 Å². The molecule has 0 aliphatic rings. The number of anilines is 1. The molecule has 1 aromatic carbocycles. The van der Waals surface area contributed by atoms with Crippen LogP contribution in [-0.2, 0) is 13.6 Å². The number of rotatable bonds is 3. The normalized spacial score (nSPS) is 9.94. The van der Waals surface area contributed by atoms with Crippen LogP contribution in [0.5, 0.6) is 0 Å². The van der Waals surface area contributed by atoms with Gasteiger partial charge in [-0.25, -0.2) is 0 Å². The van der Waals surface area contributed by atoms with Gasteiger partial charge in [0.15, 0.2) is 0 Å². The summed E-state index contributed by atoms with van der Waals surface area (Å²) in [6.07, 6.45) is 2.01. The first-order valence-corrected chi connectivity index (χ1v) is 5.56. The maximum atomic E-state index is 9.12. The fourth-order valence-electron chi connectivity index (χ4n) is 1.83. The second-order valence-electron chi connectivity index (χ2n) is 4.07. The van der Waals surface area contributed by atoms with E-state index in [9.17, 15) is 0 Å². The highest BCUT2D eigenvalue weighted by atomic mass is 15.0. The summed E-state index contributed by atoms with van der Waals surface area (Å²) in [5.74, 6) is 0. The fraction of sp³-hybridized carbons (Fsp3) is 0.214. The van der Waals surface area contributed by atoms with E-state index in [4.69, 9.17) is 5.26 Å². The Morgan fingerprint density at radius 2 is 2.12 bits per heavy atom. The zero-order chi connectivity index (χ0) is 12.3. The van der Waals surface area contributed by atoms with Gasteiger partial charge in [0, 0.05) is 18.9 Å². The Kier molecular flexibility index (Phi) is 3.15. The molecule has 0 bridgehead atoms. The zero-order valence-electron chi connectivity index (χ0n) is 10.1. The first-order valence-electron chi connectivity index (χ1n) is 5.56. The lowest BCUT2D eigenvalue weighted by Gasteiger charge is -2.10. The standard InChI is InChI=1S/C14H15N3/c1-11-5-3-7-14(13(11)9-15)16-10-12-6-4-8-17(12)2/h3-8,16H,10H2,1-2H3. The molecule has 0 fully saturated rings. The third-order valence-corrected chi connectivity index (χ3v) is 2.90. The number of aromatic nitrogens is 1. The molecule has 1 N–H and O–H groups in total. The first kappa shape index (κ1) is 11.3. The van der Waals surface area contributed by atoms with Crippen LogP contribution in [0.2, 0.25) is 0 Å². The second kappa shape index (κ2) is 4.75. The topological polar surface area (TPSA) is 40.8 Å². The average molecular weight is 225 g/mol. The van der Waals surface area contributed by atoms with Gasteiger partial charge in [0.2, 0.25) is 0 Å². The molecule has 0 saturated heterocycles. The highest BCUT2D eigenvalue weighted by Crippen LogP contribution is 2.19. The van der Waals surface area contributed by atoms with E-state index in [1.807, 2.05) is 44.4 Å². The lowest BCUT2D eigenvalue weighted by molar-refractivity contribution is 0.842. The Hall–Kier alpha value is -2.21. The Morgan fingerprint density at radius 1 is 1.29 bits per heavy atom. The van der Waals surface area contributed by atoms with Crippen LogP contribution in [0.25, 0.3) is 0 Å². The van der Waals surface area contributed by atoms with Crippen molar-refractivity contribution < 1.29 is 0 Å². The minimum absolute atomic E-state index is 0.724. The van der Waals surface area contributed by atoms with E-state index in [0.717, 1.165) is 23.4 Å². The van der Waals surface area contributed by atoms with Gasteiger partial charge in [-0.3, -0.25) is 0 Å². The smallest absolute Gasteiger partial charge is 0.102 e. The van der Waals surface area contributed by atoms with Gasteiger partial charge in [0.05, 0.1) is 17.8 Å². The summed E-state index contributed by atoms with van der Waals surface area (Å²) in [6.45, 7) is 2.67. The largest absolute Gasteiger partial charge is 0.378 e. The molecule has 0 amide bonds. The molecule has 1 heterocycles. The van der Waals surface area contributed by atoms with Crippen molar-refractivity contribution in [2.24, 2.45) is 7.05 Å². The van der Waals surface area contributed by atoms with Crippen LogP contribution in [-0.4, -0.2) is 4.57 Å². The van der Waals surface area contributed by atoms with Crippen LogP contribution in [0.15, 0.2) is 36.5 Å². The van der Waals surface area contributed by atoms with E-state index in [-0.39, 0.29) is 0 Å². The van der Waals surface area contributed by atoms with Gasteiger partial charge in [-0.15, -0.1) is 0 Å². The van der Waals surface area contributed by atoms with Crippen molar-refractivity contribution in [3.63, 3.8) is 0 Å². The van der Waals surface area contributed by atoms with E-state index < -0.39 is 0 Å². The van der Waals surface area contributed by atoms with E-state index in [1.54, 1.807) is 0 Å². The molecule has 17 heavy (non-hydrogen) atoms. The van der Waals surface area contributed by atoms with E-state index in [0.29, 0.717) is 0 Å². The molecule has 1 aromatic heterocycles. The second-order valence-corrected chi connectivity index (χ2v) is 4.07. The van der Waals surface area contributed by atoms with Crippen LogP contribution in [0.4, 0.5) is 5.69 Å². The predicted molar refractivity (Wildman–Crippen MR) is 68.6 cm³/mol. The van der Waals surface area contributed by atoms with Crippen molar-refractivity contribution in [2.45, 2.75) is 13.5 Å². The molecule has 2 rings (SSSR count). The Morgan fingerprint density at radius 3 is 2.76 bits per heavy atom. The summed E-state index contributed by atoms with van der Waals surface area (Å²) in [5, 5.41) is 12.4. The summed E-state index contributed by atoms with van der Waals surface area (Å²) in [6, 6.07) is 12.2. The quantitative estimate of drug-likeness (QED) is 0.872. The number of benzene rings is 1. The molecule has 0 saturated carbocycles. The van der Waals surface area contributed by atoms with Crippen molar-refractivity contribution >= 4 is 5.69 Å². The third kappa shape index (κ3) is 2.31. The van der Waals surface area contributed by atoms with Crippen LogP contribution in [0.1, 0.15) is 16.8 Å². The van der Waals surface area contributed by atoms with Crippen molar-refractivity contribution in [3.05, 3.63) is 53.3 Å². The van der Waals surface area contributed by atoms with Crippen molar-refractivity contribution in [1.82, 2.24) is 4.57 Å². The molecule has 0 unspecified atom stereocenters. The zero-order valence-corrected chi connectivity index (χ0v) is 10.1. The minimum atomic E-state index is 0.724. The summed E-state index contributed by atoms with van der Waals surface area (Å²) < 4.78 is 2.06. The highest BCUT2D eigenvalue weighted by molar-refractivity contribution is 5.60. The van der Waals surface area contributed by atoms with Crippen molar-refractivity contribution in [3.8, 4) is 6.07 Å². The van der Waals surface area contributed by atoms with Gasteiger partial charge >= 0.3 is 0 Å².